The lowest BCUT2D eigenvalue weighted by atomic mass is 10.2. The van der Waals surface area contributed by atoms with Gasteiger partial charge in [0, 0.05) is 10.6 Å². The molecule has 0 saturated heterocycles. The van der Waals surface area contributed by atoms with Gasteiger partial charge in [-0.1, -0.05) is 36.4 Å². The van der Waals surface area contributed by atoms with Crippen molar-refractivity contribution in [1.82, 2.24) is 0 Å². The highest BCUT2D eigenvalue weighted by atomic mass is 32.2. The van der Waals surface area contributed by atoms with Crippen LogP contribution in [0.2, 0.25) is 0 Å². The molecule has 0 aliphatic carbocycles. The minimum absolute atomic E-state index is 0.112. The van der Waals surface area contributed by atoms with E-state index in [1.807, 2.05) is 38.1 Å². The molecule has 3 aromatic carbocycles. The van der Waals surface area contributed by atoms with Crippen LogP contribution in [-0.4, -0.2) is 37.0 Å². The molecule has 2 amide bonds. The number of aryl methyl sites for hydroxylation is 1. The Labute approximate surface area is 231 Å². The minimum Gasteiger partial charge on any atom is -0.462 e. The van der Waals surface area contributed by atoms with Gasteiger partial charge in [-0.25, -0.2) is 14.5 Å². The fourth-order valence-corrected chi connectivity index (χ4v) is 4.67. The minimum atomic E-state index is -0.537. The number of esters is 2. The number of ether oxygens (including phenoxy) is 2. The lowest BCUT2D eigenvalue weighted by Crippen LogP contribution is -2.32. The Bertz CT molecular complexity index is 1410. The second-order valence-electron chi connectivity index (χ2n) is 8.67. The molecule has 8 nitrogen and oxygen atoms in total. The molecule has 0 saturated carbocycles. The van der Waals surface area contributed by atoms with Gasteiger partial charge in [0.2, 0.25) is 0 Å². The summed E-state index contributed by atoms with van der Waals surface area (Å²) in [6.07, 6.45) is 0.703. The molecule has 1 N–H and O–H groups in total. The predicted octanol–water partition coefficient (Wildman–Crippen LogP) is 5.73. The van der Waals surface area contributed by atoms with Gasteiger partial charge in [-0.3, -0.25) is 9.59 Å². The number of amides is 2. The van der Waals surface area contributed by atoms with Crippen molar-refractivity contribution in [3.05, 3.63) is 100 Å². The van der Waals surface area contributed by atoms with E-state index in [0.717, 1.165) is 15.4 Å². The molecule has 0 radical (unpaired) electrons. The highest BCUT2D eigenvalue weighted by molar-refractivity contribution is 8.04. The molecule has 39 heavy (non-hydrogen) atoms. The number of carbonyl (C=O) groups excluding carboxylic acids is 4. The average Bonchev–Trinajstić information content (AvgIpc) is 3.17. The lowest BCUT2D eigenvalue weighted by Gasteiger charge is -2.16. The van der Waals surface area contributed by atoms with Crippen molar-refractivity contribution in [1.29, 1.82) is 0 Å². The molecule has 1 aliphatic rings. The van der Waals surface area contributed by atoms with Crippen molar-refractivity contribution in [3.63, 3.8) is 0 Å². The Balaban J connectivity index is 1.63. The van der Waals surface area contributed by atoms with Crippen LogP contribution in [0.25, 0.3) is 0 Å². The number of carbonyl (C=O) groups is 4. The molecule has 3 aromatic rings. The van der Waals surface area contributed by atoms with Crippen LogP contribution in [0.5, 0.6) is 0 Å². The Kier molecular flexibility index (Phi) is 8.83. The van der Waals surface area contributed by atoms with Crippen LogP contribution in [0.3, 0.4) is 0 Å². The number of nitrogens with zero attached hydrogens (tertiary/aromatic N) is 1. The van der Waals surface area contributed by atoms with Crippen LogP contribution in [0, 0.1) is 6.92 Å². The molecule has 0 bridgehead atoms. The molecule has 0 unspecified atom stereocenters. The van der Waals surface area contributed by atoms with Gasteiger partial charge in [-0.2, -0.15) is 0 Å². The number of anilines is 2. The summed E-state index contributed by atoms with van der Waals surface area (Å²) in [5, 5.41) is 3.07. The molecule has 1 heterocycles. The highest BCUT2D eigenvalue weighted by Gasteiger charge is 2.40. The van der Waals surface area contributed by atoms with E-state index in [2.05, 4.69) is 5.32 Å². The maximum absolute atomic E-state index is 13.6. The normalized spacial score (nSPS) is 13.1. The summed E-state index contributed by atoms with van der Waals surface area (Å²) >= 11 is 1.19. The van der Waals surface area contributed by atoms with E-state index in [4.69, 9.17) is 9.47 Å². The van der Waals surface area contributed by atoms with Gasteiger partial charge >= 0.3 is 11.9 Å². The van der Waals surface area contributed by atoms with Crippen LogP contribution in [-0.2, 0) is 19.1 Å². The Hall–Kier alpha value is -4.37. The third kappa shape index (κ3) is 6.38. The van der Waals surface area contributed by atoms with Crippen molar-refractivity contribution in [2.45, 2.75) is 32.1 Å². The third-order valence-electron chi connectivity index (χ3n) is 5.75. The number of hydrogen-bond donors (Lipinski definition) is 1. The SMILES string of the molecule is CCCOC(=O)c1ccc(N2C(=O)C(Nc3ccc(C(=O)OCC)cc3)=C(Sc3ccc(C)cc3)C2=O)cc1. The van der Waals surface area contributed by atoms with Crippen LogP contribution < -0.4 is 10.2 Å². The van der Waals surface area contributed by atoms with Crippen molar-refractivity contribution in [2.24, 2.45) is 0 Å². The first-order valence-electron chi connectivity index (χ1n) is 12.5. The number of rotatable bonds is 10. The average molecular weight is 545 g/mol. The number of nitrogens with one attached hydrogen (secondary N) is 1. The summed E-state index contributed by atoms with van der Waals surface area (Å²) in [5.74, 6) is -1.94. The zero-order valence-corrected chi connectivity index (χ0v) is 22.7. The third-order valence-corrected chi connectivity index (χ3v) is 6.84. The first-order valence-corrected chi connectivity index (χ1v) is 13.3. The van der Waals surface area contributed by atoms with E-state index in [9.17, 15) is 19.2 Å². The van der Waals surface area contributed by atoms with Crippen molar-refractivity contribution < 1.29 is 28.7 Å². The summed E-state index contributed by atoms with van der Waals surface area (Å²) in [7, 11) is 0. The van der Waals surface area contributed by atoms with Gasteiger partial charge < -0.3 is 14.8 Å². The summed E-state index contributed by atoms with van der Waals surface area (Å²) in [6.45, 7) is 6.17. The fourth-order valence-electron chi connectivity index (χ4n) is 3.75. The Morgan fingerprint density at radius 1 is 0.795 bits per heavy atom. The van der Waals surface area contributed by atoms with Gasteiger partial charge in [0.1, 0.15) is 10.6 Å². The number of hydrogen-bond acceptors (Lipinski definition) is 8. The quantitative estimate of drug-likeness (QED) is 0.255. The van der Waals surface area contributed by atoms with Gasteiger partial charge in [0.05, 0.1) is 30.0 Å². The summed E-state index contributed by atoms with van der Waals surface area (Å²) in [5.41, 5.74) is 2.74. The summed E-state index contributed by atoms with van der Waals surface area (Å²) < 4.78 is 10.2. The van der Waals surface area contributed by atoms with E-state index in [-0.39, 0.29) is 17.2 Å². The largest absolute Gasteiger partial charge is 0.462 e. The standard InChI is InChI=1S/C30H28N2O6S/c1-4-18-38-30(36)21-10-14-23(15-11-21)32-27(33)25(26(28(32)34)39-24-16-6-19(3)7-17-24)31-22-12-8-20(9-13-22)29(35)37-5-2/h6-17,31H,4-5,18H2,1-3H3. The first kappa shape index (κ1) is 27.7. The smallest absolute Gasteiger partial charge is 0.338 e. The van der Waals surface area contributed by atoms with E-state index in [1.165, 1.54) is 23.9 Å². The highest BCUT2D eigenvalue weighted by Crippen LogP contribution is 2.38. The van der Waals surface area contributed by atoms with E-state index >= 15 is 0 Å². The first-order chi connectivity index (χ1) is 18.8. The van der Waals surface area contributed by atoms with Gasteiger partial charge in [0.15, 0.2) is 0 Å². The molecule has 0 spiro atoms. The summed E-state index contributed by atoms with van der Waals surface area (Å²) in [4.78, 5) is 53.5. The molecule has 1 aliphatic heterocycles. The second kappa shape index (κ2) is 12.4. The van der Waals surface area contributed by atoms with Crippen LogP contribution in [0.15, 0.2) is 88.3 Å². The molecular weight excluding hydrogens is 516 g/mol. The molecule has 200 valence electrons. The monoisotopic (exact) mass is 544 g/mol. The number of imide groups is 1. The second-order valence-corrected chi connectivity index (χ2v) is 9.75. The summed E-state index contributed by atoms with van der Waals surface area (Å²) in [6, 6.07) is 20.2. The molecule has 0 atom stereocenters. The Morgan fingerprint density at radius 3 is 1.97 bits per heavy atom. The maximum atomic E-state index is 13.6. The fraction of sp³-hybridized carbons (Fsp3) is 0.200. The predicted molar refractivity (Wildman–Crippen MR) is 150 cm³/mol. The van der Waals surface area contributed by atoms with Gasteiger partial charge in [-0.05, 0) is 80.9 Å². The van der Waals surface area contributed by atoms with E-state index in [0.29, 0.717) is 35.5 Å². The molecule has 9 heteroatoms. The number of thioether (sulfide) groups is 1. The van der Waals surface area contributed by atoms with Crippen molar-refractivity contribution in [3.8, 4) is 0 Å². The van der Waals surface area contributed by atoms with Crippen LogP contribution in [0.4, 0.5) is 11.4 Å². The Morgan fingerprint density at radius 2 is 1.38 bits per heavy atom. The maximum Gasteiger partial charge on any atom is 0.338 e. The van der Waals surface area contributed by atoms with Crippen molar-refractivity contribution in [2.75, 3.05) is 23.4 Å². The molecule has 0 fully saturated rings. The molecular formula is C30H28N2O6S. The zero-order chi connectivity index (χ0) is 27.9. The van der Waals surface area contributed by atoms with Gasteiger partial charge in [0.25, 0.3) is 11.8 Å². The van der Waals surface area contributed by atoms with Crippen LogP contribution >= 0.6 is 11.8 Å². The molecule has 0 aromatic heterocycles. The molecule has 4 rings (SSSR count). The zero-order valence-electron chi connectivity index (χ0n) is 21.9. The van der Waals surface area contributed by atoms with Crippen LogP contribution in [0.1, 0.15) is 46.5 Å². The van der Waals surface area contributed by atoms with E-state index < -0.39 is 23.8 Å². The van der Waals surface area contributed by atoms with E-state index in [1.54, 1.807) is 43.3 Å². The van der Waals surface area contributed by atoms with Gasteiger partial charge in [-0.15, -0.1) is 0 Å². The lowest BCUT2D eigenvalue weighted by molar-refractivity contribution is -0.120. The topological polar surface area (TPSA) is 102 Å². The number of benzene rings is 3. The van der Waals surface area contributed by atoms with Crippen molar-refractivity contribution >= 4 is 46.9 Å².